The van der Waals surface area contributed by atoms with Gasteiger partial charge in [-0.05, 0) is 26.4 Å². The van der Waals surface area contributed by atoms with Crippen LogP contribution >= 0.6 is 0 Å². The molecule has 3 N–H and O–H groups in total. The Labute approximate surface area is 114 Å². The Bertz CT molecular complexity index is 373. The lowest BCUT2D eigenvalue weighted by Crippen LogP contribution is -2.30. The Morgan fingerprint density at radius 2 is 1.95 bits per heavy atom. The van der Waals surface area contributed by atoms with Gasteiger partial charge in [0.15, 0.2) is 0 Å². The minimum absolute atomic E-state index is 0.168. The lowest BCUT2D eigenvalue weighted by Gasteiger charge is -2.19. The van der Waals surface area contributed by atoms with Crippen LogP contribution < -0.4 is 15.8 Å². The summed E-state index contributed by atoms with van der Waals surface area (Å²) in [5.41, 5.74) is 5.60. The van der Waals surface area contributed by atoms with Gasteiger partial charge in [-0.25, -0.2) is 0 Å². The van der Waals surface area contributed by atoms with Crippen LogP contribution in [0.2, 0.25) is 0 Å². The van der Waals surface area contributed by atoms with Gasteiger partial charge in [0.25, 0.3) is 0 Å². The van der Waals surface area contributed by atoms with Gasteiger partial charge in [-0.1, -0.05) is 13.8 Å². The third-order valence-electron chi connectivity index (χ3n) is 2.60. The smallest absolute Gasteiger partial charge is 0.323 e. The summed E-state index contributed by atoms with van der Waals surface area (Å²) in [7, 11) is 0. The molecule has 1 rings (SSSR count). The summed E-state index contributed by atoms with van der Waals surface area (Å²) in [6, 6.07) is 0.262. The van der Waals surface area contributed by atoms with E-state index in [1.54, 1.807) is 0 Å². The number of nitrogens with zero attached hydrogens (tertiary/aromatic N) is 4. The SMILES string of the molecule is CCCN(CC)CCNc1nc(N)nc(OCC)n1. The summed E-state index contributed by atoms with van der Waals surface area (Å²) in [5.74, 6) is 0.630. The Morgan fingerprint density at radius 3 is 2.58 bits per heavy atom. The van der Waals surface area contributed by atoms with Crippen LogP contribution in [0.1, 0.15) is 27.2 Å². The van der Waals surface area contributed by atoms with Crippen molar-refractivity contribution in [3.8, 4) is 6.01 Å². The number of nitrogens with two attached hydrogens (primary N) is 1. The van der Waals surface area contributed by atoms with Crippen LogP contribution in [0.3, 0.4) is 0 Å². The third kappa shape index (κ3) is 5.69. The van der Waals surface area contributed by atoms with Gasteiger partial charge >= 0.3 is 6.01 Å². The molecule has 0 radical (unpaired) electrons. The number of anilines is 2. The lowest BCUT2D eigenvalue weighted by molar-refractivity contribution is 0.299. The van der Waals surface area contributed by atoms with E-state index in [9.17, 15) is 0 Å². The molecule has 0 aliphatic carbocycles. The average Bonchev–Trinajstić information content (AvgIpc) is 2.37. The van der Waals surface area contributed by atoms with Gasteiger partial charge < -0.3 is 20.7 Å². The summed E-state index contributed by atoms with van der Waals surface area (Å²) in [6.07, 6.45) is 1.15. The average molecular weight is 268 g/mol. The van der Waals surface area contributed by atoms with E-state index < -0.39 is 0 Å². The quantitative estimate of drug-likeness (QED) is 0.690. The summed E-state index contributed by atoms with van der Waals surface area (Å²) >= 11 is 0. The maximum atomic E-state index is 5.60. The first-order valence-corrected chi connectivity index (χ1v) is 6.80. The maximum Gasteiger partial charge on any atom is 0.323 e. The molecule has 1 heterocycles. The largest absolute Gasteiger partial charge is 0.464 e. The molecule has 0 spiro atoms. The van der Waals surface area contributed by atoms with Crippen LogP contribution in [0.25, 0.3) is 0 Å². The summed E-state index contributed by atoms with van der Waals surface area (Å²) in [6.45, 7) is 10.6. The Balaban J connectivity index is 2.48. The van der Waals surface area contributed by atoms with Gasteiger partial charge in [0.05, 0.1) is 6.61 Å². The number of nitrogens with one attached hydrogen (secondary N) is 1. The van der Waals surface area contributed by atoms with E-state index in [-0.39, 0.29) is 12.0 Å². The van der Waals surface area contributed by atoms with Crippen molar-refractivity contribution in [1.82, 2.24) is 19.9 Å². The number of nitrogen functional groups attached to an aromatic ring is 1. The van der Waals surface area contributed by atoms with Gasteiger partial charge in [-0.3, -0.25) is 0 Å². The van der Waals surface area contributed by atoms with Crippen LogP contribution in [0.4, 0.5) is 11.9 Å². The predicted octanol–water partition coefficient (Wildman–Crippen LogP) is 0.996. The Morgan fingerprint density at radius 1 is 1.16 bits per heavy atom. The van der Waals surface area contributed by atoms with Gasteiger partial charge in [0.2, 0.25) is 11.9 Å². The van der Waals surface area contributed by atoms with Gasteiger partial charge in [0, 0.05) is 13.1 Å². The highest BCUT2D eigenvalue weighted by Gasteiger charge is 2.05. The van der Waals surface area contributed by atoms with E-state index >= 15 is 0 Å². The fourth-order valence-electron chi connectivity index (χ4n) is 1.71. The number of hydrogen-bond donors (Lipinski definition) is 2. The molecule has 0 saturated carbocycles. The van der Waals surface area contributed by atoms with E-state index in [2.05, 4.69) is 39.0 Å². The molecular weight excluding hydrogens is 244 g/mol. The topological polar surface area (TPSA) is 89.2 Å². The first-order valence-electron chi connectivity index (χ1n) is 6.80. The lowest BCUT2D eigenvalue weighted by atomic mass is 10.4. The molecule has 7 heteroatoms. The minimum atomic E-state index is 0.168. The zero-order chi connectivity index (χ0) is 14.1. The number of hydrogen-bond acceptors (Lipinski definition) is 7. The van der Waals surface area contributed by atoms with Crippen molar-refractivity contribution in [3.63, 3.8) is 0 Å². The van der Waals surface area contributed by atoms with E-state index in [0.29, 0.717) is 12.6 Å². The van der Waals surface area contributed by atoms with E-state index in [4.69, 9.17) is 10.5 Å². The maximum absolute atomic E-state index is 5.60. The highest BCUT2D eigenvalue weighted by molar-refractivity contribution is 5.32. The van der Waals surface area contributed by atoms with Crippen molar-refractivity contribution in [1.29, 1.82) is 0 Å². The van der Waals surface area contributed by atoms with Crippen molar-refractivity contribution >= 4 is 11.9 Å². The van der Waals surface area contributed by atoms with Gasteiger partial charge in [-0.15, -0.1) is 0 Å². The monoisotopic (exact) mass is 268 g/mol. The fraction of sp³-hybridized carbons (Fsp3) is 0.750. The highest BCUT2D eigenvalue weighted by atomic mass is 16.5. The van der Waals surface area contributed by atoms with Crippen LogP contribution in [0.15, 0.2) is 0 Å². The molecule has 0 aliphatic rings. The molecule has 1 aromatic heterocycles. The van der Waals surface area contributed by atoms with Crippen LogP contribution in [-0.4, -0.2) is 52.6 Å². The Kier molecular flexibility index (Phi) is 6.88. The molecule has 0 amide bonds. The second kappa shape index (κ2) is 8.47. The van der Waals surface area contributed by atoms with Crippen molar-refractivity contribution in [2.24, 2.45) is 0 Å². The summed E-state index contributed by atoms with van der Waals surface area (Å²) in [4.78, 5) is 14.4. The number of likely N-dealkylation sites (N-methyl/N-ethyl adjacent to an activating group) is 1. The van der Waals surface area contributed by atoms with Gasteiger partial charge in [-0.2, -0.15) is 15.0 Å². The second-order valence-electron chi connectivity index (χ2n) is 4.09. The van der Waals surface area contributed by atoms with E-state index in [0.717, 1.165) is 32.6 Å². The number of rotatable bonds is 9. The standard InChI is InChI=1S/C12H24N6O/c1-4-8-18(5-2)9-7-14-11-15-10(13)16-12(17-11)19-6-3/h4-9H2,1-3H3,(H3,13,14,15,16,17). The molecular formula is C12H24N6O. The van der Waals surface area contributed by atoms with E-state index in [1.165, 1.54) is 0 Å². The molecule has 0 fully saturated rings. The van der Waals surface area contributed by atoms with Crippen LogP contribution in [0, 0.1) is 0 Å². The minimum Gasteiger partial charge on any atom is -0.464 e. The molecule has 108 valence electrons. The van der Waals surface area contributed by atoms with Gasteiger partial charge in [0.1, 0.15) is 0 Å². The first-order chi connectivity index (χ1) is 9.19. The van der Waals surface area contributed by atoms with E-state index in [1.807, 2.05) is 6.92 Å². The highest BCUT2D eigenvalue weighted by Crippen LogP contribution is 2.08. The van der Waals surface area contributed by atoms with Crippen LogP contribution in [-0.2, 0) is 0 Å². The Hall–Kier alpha value is -1.63. The van der Waals surface area contributed by atoms with Crippen molar-refractivity contribution in [3.05, 3.63) is 0 Å². The zero-order valence-electron chi connectivity index (χ0n) is 12.0. The fourth-order valence-corrected chi connectivity index (χ4v) is 1.71. The molecule has 0 atom stereocenters. The van der Waals surface area contributed by atoms with Crippen molar-refractivity contribution in [2.75, 3.05) is 43.8 Å². The molecule has 0 saturated heterocycles. The second-order valence-corrected chi connectivity index (χ2v) is 4.09. The summed E-state index contributed by atoms with van der Waals surface area (Å²) < 4.78 is 5.22. The number of ether oxygens (including phenoxy) is 1. The molecule has 0 bridgehead atoms. The summed E-state index contributed by atoms with van der Waals surface area (Å²) in [5, 5.41) is 3.14. The first kappa shape index (κ1) is 15.4. The molecule has 0 unspecified atom stereocenters. The predicted molar refractivity (Wildman–Crippen MR) is 76.3 cm³/mol. The number of aromatic nitrogens is 3. The third-order valence-corrected chi connectivity index (χ3v) is 2.60. The van der Waals surface area contributed by atoms with Crippen LogP contribution in [0.5, 0.6) is 6.01 Å². The van der Waals surface area contributed by atoms with Crippen molar-refractivity contribution < 1.29 is 4.74 Å². The molecule has 7 nitrogen and oxygen atoms in total. The molecule has 0 aliphatic heterocycles. The molecule has 1 aromatic rings. The molecule has 0 aromatic carbocycles. The molecule has 19 heavy (non-hydrogen) atoms. The zero-order valence-corrected chi connectivity index (χ0v) is 12.0. The normalized spacial score (nSPS) is 10.7. The van der Waals surface area contributed by atoms with Crippen molar-refractivity contribution in [2.45, 2.75) is 27.2 Å².